The van der Waals surface area contributed by atoms with Crippen LogP contribution in [-0.4, -0.2) is 45.5 Å². The molecule has 3 heterocycles. The largest absolute Gasteiger partial charge is 0.493 e. The number of aromatic amines is 1. The van der Waals surface area contributed by atoms with E-state index in [0.29, 0.717) is 0 Å². The van der Waals surface area contributed by atoms with Gasteiger partial charge in [-0.05, 0) is 13.0 Å². The third-order valence-electron chi connectivity index (χ3n) is 6.25. The highest BCUT2D eigenvalue weighted by molar-refractivity contribution is 5.98. The van der Waals surface area contributed by atoms with E-state index < -0.39 is 58.6 Å². The number of carbonyl (C=O) groups is 1. The summed E-state index contributed by atoms with van der Waals surface area (Å²) in [5.74, 6) is -7.04. The number of hydrogen-bond acceptors (Lipinski definition) is 5. The lowest BCUT2D eigenvalue weighted by Crippen LogP contribution is -2.47. The van der Waals surface area contributed by atoms with Crippen LogP contribution in [0.2, 0.25) is 0 Å². The van der Waals surface area contributed by atoms with Crippen molar-refractivity contribution < 1.29 is 36.2 Å². The van der Waals surface area contributed by atoms with Gasteiger partial charge in [-0.1, -0.05) is 13.0 Å². The molecule has 0 aliphatic carbocycles. The van der Waals surface area contributed by atoms with Gasteiger partial charge in [0.15, 0.2) is 22.8 Å². The number of nitrogens with zero attached hydrogens (tertiary/aromatic N) is 2. The zero-order chi connectivity index (χ0) is 25.0. The predicted molar refractivity (Wildman–Crippen MR) is 109 cm³/mol. The number of H-pyrrole nitrogens is 1. The highest BCUT2D eigenvalue weighted by Gasteiger charge is 2.66. The highest BCUT2D eigenvalue weighted by Crippen LogP contribution is 2.55. The molecule has 2 aromatic heterocycles. The minimum Gasteiger partial charge on any atom is -0.493 e. The van der Waals surface area contributed by atoms with Crippen molar-refractivity contribution in [3.63, 3.8) is 0 Å². The molecule has 34 heavy (non-hydrogen) atoms. The van der Waals surface area contributed by atoms with Crippen molar-refractivity contribution in [3.05, 3.63) is 58.1 Å². The summed E-state index contributed by atoms with van der Waals surface area (Å²) in [5, 5.41) is 6.25. The average Bonchev–Trinajstić information content (AvgIpc) is 3.30. The number of amides is 1. The SMILES string of the molecule is COc1c([C@H]2[C@H](C(=O)Nc3cnn4c(=O)cc[nH]c34)O[C@@](C)(C(F)(F)F)[C@H]2C)ccc(F)c1F. The fourth-order valence-electron chi connectivity index (χ4n) is 4.25. The average molecular weight is 486 g/mol. The van der Waals surface area contributed by atoms with E-state index in [1.54, 1.807) is 0 Å². The Hall–Kier alpha value is -3.48. The van der Waals surface area contributed by atoms with E-state index in [9.17, 15) is 31.5 Å². The van der Waals surface area contributed by atoms with E-state index in [0.717, 1.165) is 36.9 Å². The van der Waals surface area contributed by atoms with E-state index in [4.69, 9.17) is 9.47 Å². The van der Waals surface area contributed by atoms with Gasteiger partial charge in [0.2, 0.25) is 5.82 Å². The van der Waals surface area contributed by atoms with Gasteiger partial charge in [-0.25, -0.2) is 4.39 Å². The first-order valence-corrected chi connectivity index (χ1v) is 10.0. The smallest absolute Gasteiger partial charge is 0.417 e. The lowest BCUT2D eigenvalue weighted by Gasteiger charge is -2.32. The molecule has 0 saturated carbocycles. The Morgan fingerprint density at radius 3 is 2.65 bits per heavy atom. The van der Waals surface area contributed by atoms with Crippen molar-refractivity contribution >= 4 is 17.2 Å². The number of halogens is 5. The normalized spacial score (nSPS) is 25.0. The van der Waals surface area contributed by atoms with Gasteiger partial charge in [-0.2, -0.15) is 27.2 Å². The van der Waals surface area contributed by atoms with Crippen LogP contribution in [0.4, 0.5) is 27.6 Å². The molecule has 182 valence electrons. The van der Waals surface area contributed by atoms with Crippen LogP contribution in [0.5, 0.6) is 5.75 Å². The highest BCUT2D eigenvalue weighted by atomic mass is 19.4. The van der Waals surface area contributed by atoms with E-state index in [2.05, 4.69) is 15.4 Å². The molecule has 1 aliphatic rings. The summed E-state index contributed by atoms with van der Waals surface area (Å²) in [6.45, 7) is 2.00. The first kappa shape index (κ1) is 23.7. The Labute approximate surface area is 188 Å². The first-order chi connectivity index (χ1) is 15.9. The molecule has 0 spiro atoms. The number of anilines is 1. The van der Waals surface area contributed by atoms with Crippen molar-refractivity contribution in [1.82, 2.24) is 14.6 Å². The number of aromatic nitrogens is 3. The number of hydrogen-bond donors (Lipinski definition) is 2. The number of fused-ring (bicyclic) bond motifs is 1. The van der Waals surface area contributed by atoms with Crippen molar-refractivity contribution in [2.24, 2.45) is 5.92 Å². The van der Waals surface area contributed by atoms with Gasteiger partial charge >= 0.3 is 6.18 Å². The quantitative estimate of drug-likeness (QED) is 0.551. The fraction of sp³-hybridized carbons (Fsp3) is 0.381. The maximum atomic E-state index is 14.4. The molecule has 0 bridgehead atoms. The second kappa shape index (κ2) is 8.08. The van der Waals surface area contributed by atoms with Crippen LogP contribution in [0.3, 0.4) is 0 Å². The second-order valence-corrected chi connectivity index (χ2v) is 8.07. The van der Waals surface area contributed by atoms with Crippen LogP contribution in [0, 0.1) is 17.6 Å². The maximum absolute atomic E-state index is 14.4. The zero-order valence-electron chi connectivity index (χ0n) is 18.0. The van der Waals surface area contributed by atoms with Crippen molar-refractivity contribution in [1.29, 1.82) is 0 Å². The van der Waals surface area contributed by atoms with Gasteiger partial charge in [0.1, 0.15) is 11.8 Å². The standard InChI is InChI=1S/C21H19F5N4O4/c1-9-14(10-4-5-11(22)15(23)16(10)33-3)17(34-20(9,2)21(24,25)26)19(32)29-12-8-28-30-13(31)6-7-27-18(12)30/h4-9,14,17,27H,1-3H3,(H,29,32)/t9-,14-,17+,20+/m0/s1. The van der Waals surface area contributed by atoms with E-state index in [1.165, 1.54) is 19.2 Å². The van der Waals surface area contributed by atoms with Crippen LogP contribution in [-0.2, 0) is 9.53 Å². The molecular formula is C21H19F5N4O4. The number of alkyl halides is 3. The molecule has 8 nitrogen and oxygen atoms in total. The second-order valence-electron chi connectivity index (χ2n) is 8.07. The summed E-state index contributed by atoms with van der Waals surface area (Å²) in [6, 6.07) is 3.00. The third kappa shape index (κ3) is 3.50. The molecule has 13 heteroatoms. The Bertz CT molecular complexity index is 1320. The Kier molecular flexibility index (Phi) is 5.62. The summed E-state index contributed by atoms with van der Waals surface area (Å²) in [4.78, 5) is 27.8. The molecule has 4 rings (SSSR count). The summed E-state index contributed by atoms with van der Waals surface area (Å²) in [7, 11) is 1.04. The minimum absolute atomic E-state index is 0.00978. The fourth-order valence-corrected chi connectivity index (χ4v) is 4.25. The van der Waals surface area contributed by atoms with Gasteiger partial charge < -0.3 is 19.8 Å². The van der Waals surface area contributed by atoms with Gasteiger partial charge in [-0.15, -0.1) is 0 Å². The van der Waals surface area contributed by atoms with E-state index >= 15 is 0 Å². The van der Waals surface area contributed by atoms with E-state index in [1.807, 2.05) is 0 Å². The number of rotatable bonds is 4. The summed E-state index contributed by atoms with van der Waals surface area (Å²) in [6.07, 6.45) is -4.22. The number of carbonyl (C=O) groups excluding carboxylic acids is 1. The number of benzene rings is 1. The molecule has 4 atom stereocenters. The van der Waals surface area contributed by atoms with Crippen molar-refractivity contribution in [2.75, 3.05) is 12.4 Å². The van der Waals surface area contributed by atoms with Crippen LogP contribution in [0.25, 0.3) is 5.65 Å². The van der Waals surface area contributed by atoms with E-state index in [-0.39, 0.29) is 16.9 Å². The molecule has 1 saturated heterocycles. The predicted octanol–water partition coefficient (Wildman–Crippen LogP) is 3.39. The number of ether oxygens (including phenoxy) is 2. The van der Waals surface area contributed by atoms with Gasteiger partial charge in [0, 0.05) is 29.7 Å². The van der Waals surface area contributed by atoms with Crippen molar-refractivity contribution in [2.45, 2.75) is 37.6 Å². The molecule has 0 radical (unpaired) electrons. The first-order valence-electron chi connectivity index (χ1n) is 10.0. The summed E-state index contributed by atoms with van der Waals surface area (Å²) in [5.41, 5.74) is -3.35. The molecule has 1 aromatic carbocycles. The van der Waals surface area contributed by atoms with Gasteiger partial charge in [0.25, 0.3) is 11.5 Å². The van der Waals surface area contributed by atoms with Crippen molar-refractivity contribution in [3.8, 4) is 5.75 Å². The summed E-state index contributed by atoms with van der Waals surface area (Å²) < 4.78 is 81.4. The van der Waals surface area contributed by atoms with Gasteiger partial charge in [-0.3, -0.25) is 9.59 Å². The van der Waals surface area contributed by atoms with Crippen LogP contribution in [0.15, 0.2) is 35.4 Å². The molecule has 1 aliphatic heterocycles. The number of methoxy groups -OCH3 is 1. The summed E-state index contributed by atoms with van der Waals surface area (Å²) >= 11 is 0. The zero-order valence-corrected chi connectivity index (χ0v) is 18.0. The Balaban J connectivity index is 1.80. The monoisotopic (exact) mass is 486 g/mol. The third-order valence-corrected chi connectivity index (χ3v) is 6.25. The molecule has 2 N–H and O–H groups in total. The molecule has 0 unspecified atom stereocenters. The minimum atomic E-state index is -4.89. The Morgan fingerprint density at radius 2 is 2.00 bits per heavy atom. The topological polar surface area (TPSA) is 97.7 Å². The maximum Gasteiger partial charge on any atom is 0.417 e. The van der Waals surface area contributed by atoms with Gasteiger partial charge in [0.05, 0.1) is 13.3 Å². The lowest BCUT2D eigenvalue weighted by atomic mass is 9.77. The van der Waals surface area contributed by atoms with Crippen LogP contribution in [0.1, 0.15) is 25.3 Å². The van der Waals surface area contributed by atoms with Crippen LogP contribution < -0.4 is 15.6 Å². The molecule has 1 amide bonds. The molecule has 3 aromatic rings. The number of nitrogens with one attached hydrogen (secondary N) is 2. The molecule has 1 fully saturated rings. The Morgan fingerprint density at radius 1 is 1.29 bits per heavy atom. The van der Waals surface area contributed by atoms with Crippen LogP contribution >= 0.6 is 0 Å². The lowest BCUT2D eigenvalue weighted by molar-refractivity contribution is -0.272. The molecular weight excluding hydrogens is 467 g/mol.